The second-order valence-electron chi connectivity index (χ2n) is 4.73. The molecule has 0 bridgehead atoms. The van der Waals surface area contributed by atoms with Gasteiger partial charge in [-0.2, -0.15) is 0 Å². The minimum Gasteiger partial charge on any atom is -0.392 e. The smallest absolute Gasteiger partial charge is 0.220 e. The van der Waals surface area contributed by atoms with Crippen molar-refractivity contribution in [3.63, 3.8) is 0 Å². The molecule has 19 heavy (non-hydrogen) atoms. The molecule has 1 aliphatic heterocycles. The molecule has 104 valence electrons. The lowest BCUT2D eigenvalue weighted by Gasteiger charge is -2.32. The van der Waals surface area contributed by atoms with Crippen molar-refractivity contribution in [1.29, 1.82) is 0 Å². The molecule has 1 saturated heterocycles. The lowest BCUT2D eigenvalue weighted by molar-refractivity contribution is -0.122. The normalized spacial score (nSPS) is 16.7. The van der Waals surface area contributed by atoms with Crippen molar-refractivity contribution < 1.29 is 18.7 Å². The number of hydrogen-bond donors (Lipinski definition) is 2. The minimum absolute atomic E-state index is 0.0971. The summed E-state index contributed by atoms with van der Waals surface area (Å²) in [5.74, 6) is -1.97. The van der Waals surface area contributed by atoms with Crippen molar-refractivity contribution >= 4 is 11.6 Å². The molecular weight excluding hydrogens is 254 g/mol. The predicted octanol–water partition coefficient (Wildman–Crippen LogP) is 1.16. The molecule has 1 fully saturated rings. The molecule has 0 unspecified atom stereocenters. The highest BCUT2D eigenvalue weighted by atomic mass is 19.1. The summed E-state index contributed by atoms with van der Waals surface area (Å²) in [5, 5.41) is 8.89. The third-order valence-electron chi connectivity index (χ3n) is 3.47. The van der Waals surface area contributed by atoms with E-state index in [-0.39, 0.29) is 23.1 Å². The number of halogens is 2. The van der Waals surface area contributed by atoms with E-state index >= 15 is 0 Å². The van der Waals surface area contributed by atoms with E-state index in [0.717, 1.165) is 12.1 Å². The number of anilines is 1. The molecule has 0 radical (unpaired) electrons. The molecule has 0 aromatic heterocycles. The van der Waals surface area contributed by atoms with Crippen molar-refractivity contribution in [1.82, 2.24) is 0 Å². The highest BCUT2D eigenvalue weighted by Gasteiger charge is 2.26. The molecule has 0 aliphatic carbocycles. The summed E-state index contributed by atoms with van der Waals surface area (Å²) < 4.78 is 27.7. The number of primary amides is 1. The molecule has 3 N–H and O–H groups in total. The molecule has 0 atom stereocenters. The first-order valence-corrected chi connectivity index (χ1v) is 6.16. The molecule has 6 heteroatoms. The third kappa shape index (κ3) is 2.84. The molecule has 0 saturated carbocycles. The van der Waals surface area contributed by atoms with Crippen LogP contribution in [0.3, 0.4) is 0 Å². The summed E-state index contributed by atoms with van der Waals surface area (Å²) in [6.45, 7) is 0.373. The molecule has 1 aromatic rings. The second-order valence-corrected chi connectivity index (χ2v) is 4.73. The average Bonchev–Trinajstić information content (AvgIpc) is 2.38. The standard InChI is InChI=1S/C13H16F2N2O2/c14-10-5-8(7-18)6-11(15)12(10)17-3-1-9(2-4-17)13(16)19/h5-6,9,18H,1-4,7H2,(H2,16,19). The van der Waals surface area contributed by atoms with E-state index in [0.29, 0.717) is 25.9 Å². The van der Waals surface area contributed by atoms with Gasteiger partial charge in [0.1, 0.15) is 17.3 Å². The molecule has 2 rings (SSSR count). The molecular formula is C13H16F2N2O2. The fourth-order valence-electron chi connectivity index (χ4n) is 2.40. The Morgan fingerprint density at radius 2 is 1.84 bits per heavy atom. The number of nitrogens with zero attached hydrogens (tertiary/aromatic N) is 1. The first-order chi connectivity index (χ1) is 9.02. The molecule has 1 amide bonds. The van der Waals surface area contributed by atoms with Gasteiger partial charge in [-0.3, -0.25) is 4.79 Å². The molecule has 1 aromatic carbocycles. The Kier molecular flexibility index (Phi) is 3.99. The summed E-state index contributed by atoms with van der Waals surface area (Å²) >= 11 is 0. The minimum atomic E-state index is -0.693. The summed E-state index contributed by atoms with van der Waals surface area (Å²) in [6, 6.07) is 2.25. The van der Waals surface area contributed by atoms with Gasteiger partial charge in [-0.15, -0.1) is 0 Å². The van der Waals surface area contributed by atoms with Gasteiger partial charge in [-0.25, -0.2) is 8.78 Å². The fraction of sp³-hybridized carbons (Fsp3) is 0.462. The average molecular weight is 270 g/mol. The van der Waals surface area contributed by atoms with Gasteiger partial charge in [0.05, 0.1) is 6.61 Å². The largest absolute Gasteiger partial charge is 0.392 e. The Bertz CT molecular complexity index is 463. The van der Waals surface area contributed by atoms with Gasteiger partial charge in [0.25, 0.3) is 0 Å². The Balaban J connectivity index is 2.18. The zero-order valence-electron chi connectivity index (χ0n) is 10.4. The number of benzene rings is 1. The van der Waals surface area contributed by atoms with Gasteiger partial charge in [0.2, 0.25) is 5.91 Å². The maximum Gasteiger partial charge on any atom is 0.220 e. The van der Waals surface area contributed by atoms with E-state index in [1.807, 2.05) is 0 Å². The zero-order valence-corrected chi connectivity index (χ0v) is 10.4. The quantitative estimate of drug-likeness (QED) is 0.866. The topological polar surface area (TPSA) is 66.6 Å². The lowest BCUT2D eigenvalue weighted by atomic mass is 9.96. The van der Waals surface area contributed by atoms with Crippen LogP contribution in [-0.4, -0.2) is 24.1 Å². The first-order valence-electron chi connectivity index (χ1n) is 6.16. The Labute approximate surface area is 109 Å². The van der Waals surface area contributed by atoms with E-state index in [2.05, 4.69) is 0 Å². The number of carbonyl (C=O) groups excluding carboxylic acids is 1. The number of aliphatic hydroxyl groups is 1. The van der Waals surface area contributed by atoms with Crippen LogP contribution >= 0.6 is 0 Å². The second kappa shape index (κ2) is 5.52. The van der Waals surface area contributed by atoms with Gasteiger partial charge in [0.15, 0.2) is 0 Å². The fourth-order valence-corrected chi connectivity index (χ4v) is 2.40. The Morgan fingerprint density at radius 3 is 2.26 bits per heavy atom. The van der Waals surface area contributed by atoms with Crippen LogP contribution in [0.1, 0.15) is 18.4 Å². The van der Waals surface area contributed by atoms with E-state index in [1.165, 1.54) is 0 Å². The van der Waals surface area contributed by atoms with Crippen LogP contribution in [0.25, 0.3) is 0 Å². The molecule has 1 aliphatic rings. The third-order valence-corrected chi connectivity index (χ3v) is 3.47. The summed E-state index contributed by atoms with van der Waals surface area (Å²) in [6.07, 6.45) is 0.992. The predicted molar refractivity (Wildman–Crippen MR) is 66.4 cm³/mol. The maximum absolute atomic E-state index is 13.9. The number of hydrogen-bond acceptors (Lipinski definition) is 3. The summed E-state index contributed by atoms with van der Waals surface area (Å²) in [5.41, 5.74) is 5.32. The SMILES string of the molecule is NC(=O)C1CCN(c2c(F)cc(CO)cc2F)CC1. The summed E-state index contributed by atoms with van der Waals surface area (Å²) in [7, 11) is 0. The highest BCUT2D eigenvalue weighted by Crippen LogP contribution is 2.29. The van der Waals surface area contributed by atoms with Crippen LogP contribution in [-0.2, 0) is 11.4 Å². The number of amides is 1. The number of carbonyl (C=O) groups is 1. The maximum atomic E-state index is 13.9. The molecule has 0 spiro atoms. The van der Waals surface area contributed by atoms with Crippen LogP contribution < -0.4 is 10.6 Å². The van der Waals surface area contributed by atoms with Crippen LogP contribution in [0, 0.1) is 17.6 Å². The lowest BCUT2D eigenvalue weighted by Crippen LogP contribution is -2.39. The van der Waals surface area contributed by atoms with E-state index < -0.39 is 18.2 Å². The first kappa shape index (κ1) is 13.7. The van der Waals surface area contributed by atoms with Gasteiger partial charge < -0.3 is 15.7 Å². The van der Waals surface area contributed by atoms with Crippen molar-refractivity contribution in [3.05, 3.63) is 29.3 Å². The van der Waals surface area contributed by atoms with Crippen LogP contribution in [0.5, 0.6) is 0 Å². The van der Waals surface area contributed by atoms with Gasteiger partial charge in [0, 0.05) is 19.0 Å². The number of aliphatic hydroxyl groups excluding tert-OH is 1. The van der Waals surface area contributed by atoms with E-state index in [1.54, 1.807) is 4.90 Å². The van der Waals surface area contributed by atoms with Gasteiger partial charge >= 0.3 is 0 Å². The van der Waals surface area contributed by atoms with Crippen LogP contribution in [0.2, 0.25) is 0 Å². The number of piperidine rings is 1. The van der Waals surface area contributed by atoms with E-state index in [9.17, 15) is 13.6 Å². The molecule has 4 nitrogen and oxygen atoms in total. The van der Waals surface area contributed by atoms with Crippen molar-refractivity contribution in [3.8, 4) is 0 Å². The van der Waals surface area contributed by atoms with Crippen molar-refractivity contribution in [2.24, 2.45) is 11.7 Å². The van der Waals surface area contributed by atoms with Crippen LogP contribution in [0.4, 0.5) is 14.5 Å². The monoisotopic (exact) mass is 270 g/mol. The van der Waals surface area contributed by atoms with Gasteiger partial charge in [-0.05, 0) is 30.5 Å². The Hall–Kier alpha value is -1.69. The highest BCUT2D eigenvalue weighted by molar-refractivity contribution is 5.77. The van der Waals surface area contributed by atoms with Crippen LogP contribution in [0.15, 0.2) is 12.1 Å². The number of rotatable bonds is 3. The molecule has 1 heterocycles. The Morgan fingerprint density at radius 1 is 1.32 bits per heavy atom. The van der Waals surface area contributed by atoms with Crippen molar-refractivity contribution in [2.45, 2.75) is 19.4 Å². The summed E-state index contributed by atoms with van der Waals surface area (Å²) in [4.78, 5) is 12.6. The van der Waals surface area contributed by atoms with Gasteiger partial charge in [-0.1, -0.05) is 0 Å². The number of nitrogens with two attached hydrogens (primary N) is 1. The van der Waals surface area contributed by atoms with E-state index in [4.69, 9.17) is 10.8 Å². The van der Waals surface area contributed by atoms with Crippen molar-refractivity contribution in [2.75, 3.05) is 18.0 Å². The zero-order chi connectivity index (χ0) is 14.0.